The maximum absolute atomic E-state index is 12.8. The van der Waals surface area contributed by atoms with E-state index >= 15 is 0 Å². The first kappa shape index (κ1) is 16.9. The first-order valence-electron chi connectivity index (χ1n) is 8.59. The molecule has 3 aromatic rings. The Morgan fingerprint density at radius 2 is 2.15 bits per heavy atom. The topological polar surface area (TPSA) is 82.1 Å². The van der Waals surface area contributed by atoms with E-state index < -0.39 is 6.10 Å². The van der Waals surface area contributed by atoms with Gasteiger partial charge in [0.05, 0.1) is 11.8 Å². The van der Waals surface area contributed by atoms with Crippen molar-refractivity contribution in [3.05, 3.63) is 58.9 Å². The highest BCUT2D eigenvalue weighted by molar-refractivity contribution is 7.13. The number of nitrogens with zero attached hydrogens (tertiary/aromatic N) is 3. The quantitative estimate of drug-likeness (QED) is 0.741. The number of aromatic amines is 1. The number of aliphatic hydroxyl groups excluding tert-OH is 1. The van der Waals surface area contributed by atoms with Gasteiger partial charge < -0.3 is 10.0 Å². The van der Waals surface area contributed by atoms with E-state index in [-0.39, 0.29) is 11.8 Å². The summed E-state index contributed by atoms with van der Waals surface area (Å²) in [4.78, 5) is 19.0. The van der Waals surface area contributed by atoms with Gasteiger partial charge in [-0.3, -0.25) is 9.89 Å². The average molecular weight is 368 g/mol. The van der Waals surface area contributed by atoms with Crippen molar-refractivity contribution in [3.8, 4) is 10.6 Å². The molecule has 1 aliphatic heterocycles. The fourth-order valence-corrected chi connectivity index (χ4v) is 4.12. The van der Waals surface area contributed by atoms with Gasteiger partial charge in [0.15, 0.2) is 0 Å². The van der Waals surface area contributed by atoms with Gasteiger partial charge in [-0.15, -0.1) is 11.3 Å². The number of hydrogen-bond donors (Lipinski definition) is 2. The number of benzene rings is 1. The molecule has 0 spiro atoms. The number of H-pyrrole nitrogens is 1. The van der Waals surface area contributed by atoms with E-state index in [0.29, 0.717) is 25.2 Å². The van der Waals surface area contributed by atoms with Gasteiger partial charge in [0.25, 0.3) is 5.91 Å². The highest BCUT2D eigenvalue weighted by Gasteiger charge is 2.35. The smallest absolute Gasteiger partial charge is 0.273 e. The van der Waals surface area contributed by atoms with Crippen LogP contribution in [0.15, 0.2) is 41.8 Å². The molecule has 0 aliphatic carbocycles. The van der Waals surface area contributed by atoms with Gasteiger partial charge >= 0.3 is 0 Å². The molecule has 1 aliphatic rings. The lowest BCUT2D eigenvalue weighted by molar-refractivity contribution is 0.0760. The van der Waals surface area contributed by atoms with Crippen LogP contribution in [0.4, 0.5) is 0 Å². The lowest BCUT2D eigenvalue weighted by atomic mass is 10.0. The van der Waals surface area contributed by atoms with Gasteiger partial charge in [0.1, 0.15) is 10.7 Å². The molecule has 2 atom stereocenters. The molecule has 2 N–H and O–H groups in total. The minimum Gasteiger partial charge on any atom is -0.391 e. The molecule has 0 unspecified atom stereocenters. The second-order valence-electron chi connectivity index (χ2n) is 6.69. The molecule has 1 amide bonds. The van der Waals surface area contributed by atoms with E-state index in [0.717, 1.165) is 22.0 Å². The third-order valence-corrected chi connectivity index (χ3v) is 5.56. The maximum atomic E-state index is 12.8. The SMILES string of the molecule is Cc1cc(C[C@@H]2CN(C(=O)c3csc(-c4ccccc4)n3)C[C@H]2O)n[nH]1. The number of nitrogens with one attached hydrogen (secondary N) is 1. The molecular weight excluding hydrogens is 348 g/mol. The summed E-state index contributed by atoms with van der Waals surface area (Å²) in [5.41, 5.74) is 3.36. The van der Waals surface area contributed by atoms with Gasteiger partial charge in [-0.2, -0.15) is 5.10 Å². The predicted octanol–water partition coefficient (Wildman–Crippen LogP) is 2.52. The number of hydrogen-bond acceptors (Lipinski definition) is 5. The monoisotopic (exact) mass is 368 g/mol. The normalized spacial score (nSPS) is 19.8. The zero-order chi connectivity index (χ0) is 18.1. The second kappa shape index (κ2) is 7.01. The number of carbonyl (C=O) groups is 1. The van der Waals surface area contributed by atoms with E-state index in [4.69, 9.17) is 0 Å². The largest absolute Gasteiger partial charge is 0.391 e. The van der Waals surface area contributed by atoms with Crippen LogP contribution in [0.25, 0.3) is 10.6 Å². The van der Waals surface area contributed by atoms with E-state index in [1.807, 2.05) is 43.3 Å². The molecule has 2 aromatic heterocycles. The summed E-state index contributed by atoms with van der Waals surface area (Å²) in [6, 6.07) is 11.8. The number of carbonyl (C=O) groups excluding carboxylic acids is 1. The highest BCUT2D eigenvalue weighted by Crippen LogP contribution is 2.26. The summed E-state index contributed by atoms with van der Waals surface area (Å²) in [6.45, 7) is 2.80. The zero-order valence-corrected chi connectivity index (χ0v) is 15.2. The molecule has 26 heavy (non-hydrogen) atoms. The molecular formula is C19H20N4O2S. The summed E-state index contributed by atoms with van der Waals surface area (Å²) in [6.07, 6.45) is 0.116. The molecule has 0 saturated carbocycles. The minimum absolute atomic E-state index is 0.00567. The van der Waals surface area contributed by atoms with Gasteiger partial charge in [-0.05, 0) is 19.4 Å². The molecule has 1 aromatic carbocycles. The summed E-state index contributed by atoms with van der Waals surface area (Å²) in [5.74, 6) is -0.128. The summed E-state index contributed by atoms with van der Waals surface area (Å²) in [7, 11) is 0. The molecule has 0 bridgehead atoms. The molecule has 7 heteroatoms. The number of amides is 1. The van der Waals surface area contributed by atoms with Gasteiger partial charge in [0.2, 0.25) is 0 Å². The van der Waals surface area contributed by atoms with Crippen molar-refractivity contribution < 1.29 is 9.90 Å². The van der Waals surface area contributed by atoms with Crippen LogP contribution >= 0.6 is 11.3 Å². The third-order valence-electron chi connectivity index (χ3n) is 4.67. The van der Waals surface area contributed by atoms with Gasteiger partial charge in [0, 0.05) is 35.6 Å². The fourth-order valence-electron chi connectivity index (χ4n) is 3.32. The van der Waals surface area contributed by atoms with Gasteiger partial charge in [-0.1, -0.05) is 30.3 Å². The Morgan fingerprint density at radius 1 is 1.35 bits per heavy atom. The number of likely N-dealkylation sites (tertiary alicyclic amines) is 1. The second-order valence-corrected chi connectivity index (χ2v) is 7.55. The van der Waals surface area contributed by atoms with E-state index in [9.17, 15) is 9.90 Å². The third kappa shape index (κ3) is 3.40. The zero-order valence-electron chi connectivity index (χ0n) is 14.4. The Bertz CT molecular complexity index is 905. The van der Waals surface area contributed by atoms with E-state index in [2.05, 4.69) is 15.2 Å². The van der Waals surface area contributed by atoms with Crippen molar-refractivity contribution in [3.63, 3.8) is 0 Å². The van der Waals surface area contributed by atoms with Crippen LogP contribution < -0.4 is 0 Å². The van der Waals surface area contributed by atoms with Crippen LogP contribution in [0.2, 0.25) is 0 Å². The Labute approximate surface area is 155 Å². The van der Waals surface area contributed by atoms with Crippen LogP contribution in [0.1, 0.15) is 21.9 Å². The Balaban J connectivity index is 1.45. The molecule has 0 radical (unpaired) electrons. The number of rotatable bonds is 4. The minimum atomic E-state index is -0.539. The average Bonchev–Trinajstić information content (AvgIpc) is 3.37. The van der Waals surface area contributed by atoms with Crippen molar-refractivity contribution >= 4 is 17.2 Å². The van der Waals surface area contributed by atoms with E-state index in [1.54, 1.807) is 10.3 Å². The standard InChI is InChI=1S/C19H20N4O2S/c1-12-7-15(22-21-12)8-14-9-23(10-17(14)24)19(25)16-11-26-18(20-16)13-5-3-2-4-6-13/h2-7,11,14,17,24H,8-10H2,1H3,(H,21,22)/t14-,17-/m1/s1. The summed E-state index contributed by atoms with van der Waals surface area (Å²) >= 11 is 1.46. The Morgan fingerprint density at radius 3 is 2.88 bits per heavy atom. The first-order chi connectivity index (χ1) is 12.6. The lowest BCUT2D eigenvalue weighted by Crippen LogP contribution is -2.29. The van der Waals surface area contributed by atoms with Crippen molar-refractivity contribution in [1.29, 1.82) is 0 Å². The van der Waals surface area contributed by atoms with Crippen LogP contribution in [-0.2, 0) is 6.42 Å². The van der Waals surface area contributed by atoms with Gasteiger partial charge in [-0.25, -0.2) is 4.98 Å². The number of thiazole rings is 1. The van der Waals surface area contributed by atoms with Crippen LogP contribution in [0.5, 0.6) is 0 Å². The number of β-amino-alcohol motifs (C(OH)–C–C–N with tert-alkyl or cyclic N) is 1. The van der Waals surface area contributed by atoms with Crippen molar-refractivity contribution in [2.24, 2.45) is 5.92 Å². The number of aryl methyl sites for hydroxylation is 1. The molecule has 134 valence electrons. The summed E-state index contributed by atoms with van der Waals surface area (Å²) in [5, 5.41) is 20.1. The first-order valence-corrected chi connectivity index (χ1v) is 9.47. The number of aliphatic hydroxyl groups is 1. The van der Waals surface area contributed by atoms with Crippen LogP contribution in [0.3, 0.4) is 0 Å². The van der Waals surface area contributed by atoms with Crippen molar-refractivity contribution in [2.45, 2.75) is 19.4 Å². The predicted molar refractivity (Wildman–Crippen MR) is 100.0 cm³/mol. The van der Waals surface area contributed by atoms with Crippen LogP contribution in [0, 0.1) is 12.8 Å². The highest BCUT2D eigenvalue weighted by atomic mass is 32.1. The Hall–Kier alpha value is -2.51. The number of aromatic nitrogens is 3. The lowest BCUT2D eigenvalue weighted by Gasteiger charge is -2.14. The Kier molecular flexibility index (Phi) is 4.57. The summed E-state index contributed by atoms with van der Waals surface area (Å²) < 4.78 is 0. The maximum Gasteiger partial charge on any atom is 0.273 e. The van der Waals surface area contributed by atoms with Crippen molar-refractivity contribution in [1.82, 2.24) is 20.1 Å². The van der Waals surface area contributed by atoms with Crippen molar-refractivity contribution in [2.75, 3.05) is 13.1 Å². The van der Waals surface area contributed by atoms with Crippen LogP contribution in [-0.4, -0.2) is 50.3 Å². The molecule has 4 rings (SSSR count). The van der Waals surface area contributed by atoms with E-state index in [1.165, 1.54) is 11.3 Å². The molecule has 6 nitrogen and oxygen atoms in total. The molecule has 1 saturated heterocycles. The molecule has 3 heterocycles. The molecule has 1 fully saturated rings. The fraction of sp³-hybridized carbons (Fsp3) is 0.316.